The van der Waals surface area contributed by atoms with E-state index in [-0.39, 0.29) is 0 Å². The summed E-state index contributed by atoms with van der Waals surface area (Å²) in [5.41, 5.74) is 6.10. The van der Waals surface area contributed by atoms with E-state index in [2.05, 4.69) is 66.4 Å². The molecule has 3 aromatic rings. The van der Waals surface area contributed by atoms with Crippen molar-refractivity contribution in [2.75, 3.05) is 0 Å². The van der Waals surface area contributed by atoms with Gasteiger partial charge in [0.15, 0.2) is 11.0 Å². The van der Waals surface area contributed by atoms with E-state index in [1.807, 2.05) is 12.1 Å². The van der Waals surface area contributed by atoms with E-state index in [4.69, 9.17) is 0 Å². The number of hydrogen-bond acceptors (Lipinski definition) is 0. The molecule has 1 aromatic heterocycles. The maximum absolute atomic E-state index is 3.92. The number of nitrogens with one attached hydrogen (secondary N) is 1. The summed E-state index contributed by atoms with van der Waals surface area (Å²) in [4.78, 5) is 3.56. The highest BCUT2D eigenvalue weighted by atomic mass is 15.1. The van der Waals surface area contributed by atoms with Crippen LogP contribution in [0.25, 0.3) is 28.5 Å². The van der Waals surface area contributed by atoms with Crippen LogP contribution in [0.2, 0.25) is 0 Å². The van der Waals surface area contributed by atoms with E-state index in [1.165, 1.54) is 22.2 Å². The molecule has 0 bridgehead atoms. The van der Waals surface area contributed by atoms with Gasteiger partial charge in [0.1, 0.15) is 0 Å². The summed E-state index contributed by atoms with van der Waals surface area (Å²) in [5, 5.41) is 0. The smallest absolute Gasteiger partial charge is 0.236 e. The normalized spacial score (nSPS) is 10.9. The molecule has 0 saturated heterocycles. The Hall–Kier alpha value is -2.35. The molecule has 0 spiro atoms. The van der Waals surface area contributed by atoms with Gasteiger partial charge >= 0.3 is 0 Å². The van der Waals surface area contributed by atoms with E-state index in [1.54, 1.807) is 0 Å². The highest BCUT2D eigenvalue weighted by molar-refractivity contribution is 5.79. The Bertz CT molecular complexity index is 781. The lowest BCUT2D eigenvalue weighted by Crippen LogP contribution is -2.34. The van der Waals surface area contributed by atoms with Crippen LogP contribution in [0.1, 0.15) is 18.1 Å². The quantitative estimate of drug-likeness (QED) is 0.687. The van der Waals surface area contributed by atoms with E-state index in [0.29, 0.717) is 0 Å². The lowest BCUT2D eigenvalue weighted by Gasteiger charge is -2.03. The number of aryl methyl sites for hydroxylation is 2. The highest BCUT2D eigenvalue weighted by Gasteiger charge is 2.21. The fourth-order valence-electron chi connectivity index (χ4n) is 2.84. The molecular weight excluding hydrogens is 244 g/mol. The third kappa shape index (κ3) is 1.85. The second kappa shape index (κ2) is 4.97. The first-order valence-electron chi connectivity index (χ1n) is 6.99. The van der Waals surface area contributed by atoms with Crippen molar-refractivity contribution in [3.8, 4) is 11.4 Å². The third-order valence-electron chi connectivity index (χ3n) is 3.78. The number of nitrogens with zero attached hydrogens (tertiary/aromatic N) is 1. The van der Waals surface area contributed by atoms with Gasteiger partial charge in [-0.25, -0.2) is 9.55 Å². The zero-order valence-corrected chi connectivity index (χ0v) is 12.0. The minimum Gasteiger partial charge on any atom is -0.236 e. The van der Waals surface area contributed by atoms with Crippen molar-refractivity contribution in [2.45, 2.75) is 20.4 Å². The molecule has 0 aliphatic rings. The monoisotopic (exact) mass is 263 g/mol. The van der Waals surface area contributed by atoms with Gasteiger partial charge in [-0.3, -0.25) is 0 Å². The van der Waals surface area contributed by atoms with Crippen molar-refractivity contribution >= 4 is 17.1 Å². The van der Waals surface area contributed by atoms with Gasteiger partial charge in [0.2, 0.25) is 0 Å². The minimum atomic E-state index is 0.936. The highest BCUT2D eigenvalue weighted by Crippen LogP contribution is 2.24. The number of hydrogen-bond donors (Lipinski definition) is 1. The standard InChI is InChI=1S/C18H18N2/c1-4-14-10-6-7-11-15(14)18-19-16-12-8-9-13(3)17(16)20(18)5-2/h4,6-12H,1,5H2,2-3H3/p+1. The van der Waals surface area contributed by atoms with Crippen molar-refractivity contribution in [3.63, 3.8) is 0 Å². The topological polar surface area (TPSA) is 19.7 Å². The van der Waals surface area contributed by atoms with Crippen LogP contribution in [-0.2, 0) is 6.54 Å². The molecule has 0 radical (unpaired) electrons. The minimum absolute atomic E-state index is 0.936. The van der Waals surface area contributed by atoms with E-state index >= 15 is 0 Å². The molecule has 0 fully saturated rings. The van der Waals surface area contributed by atoms with Crippen LogP contribution in [0.4, 0.5) is 0 Å². The van der Waals surface area contributed by atoms with Crippen LogP contribution >= 0.6 is 0 Å². The average Bonchev–Trinajstić information content (AvgIpc) is 2.87. The number of fused-ring (bicyclic) bond motifs is 1. The predicted molar refractivity (Wildman–Crippen MR) is 84.4 cm³/mol. The molecule has 0 aliphatic carbocycles. The summed E-state index contributed by atoms with van der Waals surface area (Å²) in [5.74, 6) is 1.15. The zero-order chi connectivity index (χ0) is 14.1. The molecule has 0 amide bonds. The fourth-order valence-corrected chi connectivity index (χ4v) is 2.84. The van der Waals surface area contributed by atoms with Gasteiger partial charge in [0.25, 0.3) is 5.82 Å². The summed E-state index contributed by atoms with van der Waals surface area (Å²) < 4.78 is 2.34. The van der Waals surface area contributed by atoms with Gasteiger partial charge in [-0.2, -0.15) is 0 Å². The summed E-state index contributed by atoms with van der Waals surface area (Å²) in [7, 11) is 0. The molecule has 3 rings (SSSR count). The molecule has 0 atom stereocenters. The second-order valence-electron chi connectivity index (χ2n) is 4.98. The Morgan fingerprint density at radius 2 is 1.95 bits per heavy atom. The number of aromatic nitrogens is 2. The van der Waals surface area contributed by atoms with E-state index in [9.17, 15) is 0 Å². The van der Waals surface area contributed by atoms with Gasteiger partial charge in [-0.05, 0) is 31.5 Å². The maximum atomic E-state index is 3.92. The van der Waals surface area contributed by atoms with Crippen molar-refractivity contribution < 1.29 is 4.57 Å². The molecule has 1 heterocycles. The fraction of sp³-hybridized carbons (Fsp3) is 0.167. The summed E-state index contributed by atoms with van der Waals surface area (Å²) in [6, 6.07) is 14.7. The molecule has 0 saturated carbocycles. The lowest BCUT2D eigenvalue weighted by molar-refractivity contribution is -0.656. The number of H-pyrrole nitrogens is 1. The summed E-state index contributed by atoms with van der Waals surface area (Å²) >= 11 is 0. The molecule has 2 nitrogen and oxygen atoms in total. The number of aromatic amines is 1. The van der Waals surface area contributed by atoms with E-state index < -0.39 is 0 Å². The van der Waals surface area contributed by atoms with Crippen LogP contribution in [0.15, 0.2) is 49.0 Å². The first kappa shape index (κ1) is 12.7. The van der Waals surface area contributed by atoms with E-state index in [0.717, 1.165) is 17.9 Å². The third-order valence-corrected chi connectivity index (χ3v) is 3.78. The van der Waals surface area contributed by atoms with Gasteiger partial charge in [0, 0.05) is 5.56 Å². The average molecular weight is 263 g/mol. The zero-order valence-electron chi connectivity index (χ0n) is 12.0. The second-order valence-corrected chi connectivity index (χ2v) is 4.98. The molecular formula is C18H19N2+. The Kier molecular flexibility index (Phi) is 3.15. The van der Waals surface area contributed by atoms with Crippen molar-refractivity contribution in [1.29, 1.82) is 0 Å². The van der Waals surface area contributed by atoms with Crippen molar-refractivity contribution in [1.82, 2.24) is 4.98 Å². The SMILES string of the molecule is C=Cc1ccccc1-c1[nH]c2cccc(C)c2[n+]1CC. The number of rotatable bonds is 3. The first-order valence-corrected chi connectivity index (χ1v) is 6.99. The largest absolute Gasteiger partial charge is 0.288 e. The number of imidazole rings is 1. The maximum Gasteiger partial charge on any atom is 0.288 e. The van der Waals surface area contributed by atoms with Crippen molar-refractivity contribution in [2.24, 2.45) is 0 Å². The Labute approximate surface area is 119 Å². The van der Waals surface area contributed by atoms with Gasteiger partial charge < -0.3 is 0 Å². The molecule has 2 aromatic carbocycles. The van der Waals surface area contributed by atoms with Crippen LogP contribution in [0.3, 0.4) is 0 Å². The molecule has 1 N–H and O–H groups in total. The van der Waals surface area contributed by atoms with Gasteiger partial charge in [0.05, 0.1) is 12.1 Å². The van der Waals surface area contributed by atoms with Crippen molar-refractivity contribution in [3.05, 3.63) is 60.2 Å². The van der Waals surface area contributed by atoms with Crippen LogP contribution < -0.4 is 4.57 Å². The molecule has 0 aliphatic heterocycles. The predicted octanol–water partition coefficient (Wildman–Crippen LogP) is 4.09. The number of para-hydroxylation sites is 1. The molecule has 2 heteroatoms. The van der Waals surface area contributed by atoms with Crippen LogP contribution in [0, 0.1) is 6.92 Å². The Balaban J connectivity index is 2.37. The molecule has 20 heavy (non-hydrogen) atoms. The summed E-state index contributed by atoms with van der Waals surface area (Å²) in [6.45, 7) is 9.20. The van der Waals surface area contributed by atoms with Crippen LogP contribution in [-0.4, -0.2) is 4.98 Å². The molecule has 0 unspecified atom stereocenters. The first-order chi connectivity index (χ1) is 9.76. The Morgan fingerprint density at radius 1 is 1.15 bits per heavy atom. The number of benzene rings is 2. The van der Waals surface area contributed by atoms with Gasteiger partial charge in [-0.1, -0.05) is 43.0 Å². The lowest BCUT2D eigenvalue weighted by atomic mass is 10.1. The molecule has 100 valence electrons. The van der Waals surface area contributed by atoms with Gasteiger partial charge in [-0.15, -0.1) is 0 Å². The summed E-state index contributed by atoms with van der Waals surface area (Å²) in [6.07, 6.45) is 1.91. The van der Waals surface area contributed by atoms with Crippen LogP contribution in [0.5, 0.6) is 0 Å². The Morgan fingerprint density at radius 3 is 2.70 bits per heavy atom.